The van der Waals surface area contributed by atoms with E-state index in [1.54, 1.807) is 7.11 Å². The minimum absolute atomic E-state index is 0.00717. The molecule has 1 heterocycles. The van der Waals surface area contributed by atoms with Crippen molar-refractivity contribution in [3.8, 4) is 5.75 Å². The van der Waals surface area contributed by atoms with E-state index in [0.29, 0.717) is 6.42 Å². The van der Waals surface area contributed by atoms with Gasteiger partial charge in [0.25, 0.3) is 0 Å². The molecule has 0 fully saturated rings. The van der Waals surface area contributed by atoms with Gasteiger partial charge in [-0.25, -0.2) is 4.98 Å². The molecule has 0 spiro atoms. The van der Waals surface area contributed by atoms with E-state index in [0.717, 1.165) is 41.1 Å². The second-order valence-electron chi connectivity index (χ2n) is 7.49. The number of unbranched alkanes of at least 4 members (excludes halogenated alkanes) is 3. The average Bonchev–Trinajstić information content (AvgIpc) is 3.10. The Balaban J connectivity index is 1.71. The van der Waals surface area contributed by atoms with Crippen LogP contribution in [0.4, 0.5) is 0 Å². The molecule has 3 aromatic rings. The maximum atomic E-state index is 12.6. The van der Waals surface area contributed by atoms with Gasteiger partial charge in [-0.05, 0) is 43.2 Å². The van der Waals surface area contributed by atoms with E-state index in [1.807, 2.05) is 49.4 Å². The zero-order valence-corrected chi connectivity index (χ0v) is 17.6. The third kappa shape index (κ3) is 5.37. The number of carbonyl (C=O) groups is 1. The van der Waals surface area contributed by atoms with Crippen molar-refractivity contribution in [1.82, 2.24) is 14.9 Å². The Kier molecular flexibility index (Phi) is 7.28. The molecule has 0 saturated carbocycles. The Labute approximate surface area is 173 Å². The molecule has 1 N–H and O–H groups in total. The van der Waals surface area contributed by atoms with Gasteiger partial charge in [0.1, 0.15) is 11.6 Å². The lowest BCUT2D eigenvalue weighted by atomic mass is 10.1. The fourth-order valence-corrected chi connectivity index (χ4v) is 3.64. The first-order chi connectivity index (χ1) is 14.1. The van der Waals surface area contributed by atoms with Crippen molar-refractivity contribution < 1.29 is 9.53 Å². The lowest BCUT2D eigenvalue weighted by molar-refractivity contribution is -0.121. The summed E-state index contributed by atoms with van der Waals surface area (Å²) in [4.78, 5) is 17.4. The molecular weight excluding hydrogens is 362 g/mol. The molecule has 1 unspecified atom stereocenters. The van der Waals surface area contributed by atoms with Crippen molar-refractivity contribution in [3.63, 3.8) is 0 Å². The summed E-state index contributed by atoms with van der Waals surface area (Å²) in [7, 11) is 1.64. The van der Waals surface area contributed by atoms with Crippen molar-refractivity contribution in [3.05, 3.63) is 59.9 Å². The number of nitrogens with one attached hydrogen (secondary N) is 1. The number of aryl methyl sites for hydroxylation is 1. The average molecular weight is 394 g/mol. The summed E-state index contributed by atoms with van der Waals surface area (Å²) in [5.41, 5.74) is 3.08. The minimum atomic E-state index is -0.153. The smallest absolute Gasteiger partial charge is 0.224 e. The molecular formula is C24H31N3O2. The number of nitrogens with zero attached hydrogens (tertiary/aromatic N) is 2. The summed E-state index contributed by atoms with van der Waals surface area (Å²) in [6.45, 7) is 5.16. The van der Waals surface area contributed by atoms with Crippen LogP contribution in [0.15, 0.2) is 48.5 Å². The van der Waals surface area contributed by atoms with Crippen LogP contribution in [0.1, 0.15) is 57.0 Å². The minimum Gasteiger partial charge on any atom is -0.497 e. The zero-order valence-electron chi connectivity index (χ0n) is 17.6. The number of para-hydroxylation sites is 2. The molecule has 3 rings (SSSR count). The fourth-order valence-electron chi connectivity index (χ4n) is 3.64. The van der Waals surface area contributed by atoms with Crippen molar-refractivity contribution in [1.29, 1.82) is 0 Å². The van der Waals surface area contributed by atoms with Gasteiger partial charge in [-0.1, -0.05) is 50.5 Å². The number of aromatic nitrogens is 2. The van der Waals surface area contributed by atoms with Crippen LogP contribution in [0, 0.1) is 0 Å². The number of ether oxygens (including phenoxy) is 1. The first-order valence-electron chi connectivity index (χ1n) is 10.5. The molecule has 1 aromatic heterocycles. The molecule has 0 aliphatic rings. The molecule has 0 bridgehead atoms. The van der Waals surface area contributed by atoms with Crippen LogP contribution in [0.2, 0.25) is 0 Å². The highest BCUT2D eigenvalue weighted by Crippen LogP contribution is 2.22. The van der Waals surface area contributed by atoms with Gasteiger partial charge in [0.2, 0.25) is 5.91 Å². The Morgan fingerprint density at radius 3 is 2.59 bits per heavy atom. The molecule has 0 saturated heterocycles. The van der Waals surface area contributed by atoms with E-state index in [-0.39, 0.29) is 11.9 Å². The number of methoxy groups -OCH3 is 1. The third-order valence-electron chi connectivity index (χ3n) is 5.21. The summed E-state index contributed by atoms with van der Waals surface area (Å²) in [6, 6.07) is 15.6. The van der Waals surface area contributed by atoms with Crippen molar-refractivity contribution in [2.45, 2.75) is 58.5 Å². The second-order valence-corrected chi connectivity index (χ2v) is 7.49. The molecule has 2 aromatic carbocycles. The van der Waals surface area contributed by atoms with E-state index in [2.05, 4.69) is 22.9 Å². The summed E-state index contributed by atoms with van der Waals surface area (Å²) in [5.74, 6) is 1.71. The number of fused-ring (bicyclic) bond motifs is 1. The second kappa shape index (κ2) is 10.1. The highest BCUT2D eigenvalue weighted by atomic mass is 16.5. The van der Waals surface area contributed by atoms with E-state index in [9.17, 15) is 4.79 Å². The molecule has 5 heteroatoms. The standard InChI is InChI=1S/C24H31N3O2/c1-4-5-6-9-16-27-22-11-8-7-10-21(22)26-24(27)18(2)25-23(28)17-19-12-14-20(29-3)15-13-19/h7-8,10-15,18H,4-6,9,16-17H2,1-3H3,(H,25,28). The van der Waals surface area contributed by atoms with Crippen LogP contribution >= 0.6 is 0 Å². The third-order valence-corrected chi connectivity index (χ3v) is 5.21. The molecule has 0 aliphatic heterocycles. The predicted molar refractivity (Wildman–Crippen MR) is 117 cm³/mol. The largest absolute Gasteiger partial charge is 0.497 e. The lowest BCUT2D eigenvalue weighted by Gasteiger charge is -2.16. The van der Waals surface area contributed by atoms with Crippen LogP contribution < -0.4 is 10.1 Å². The van der Waals surface area contributed by atoms with Gasteiger partial charge in [0.15, 0.2) is 0 Å². The lowest BCUT2D eigenvalue weighted by Crippen LogP contribution is -2.30. The SMILES string of the molecule is CCCCCCn1c(C(C)NC(=O)Cc2ccc(OC)cc2)nc2ccccc21. The van der Waals surface area contributed by atoms with Crippen LogP contribution in [-0.4, -0.2) is 22.6 Å². The highest BCUT2D eigenvalue weighted by Gasteiger charge is 2.18. The molecule has 0 radical (unpaired) electrons. The molecule has 0 aliphatic carbocycles. The van der Waals surface area contributed by atoms with Crippen LogP contribution in [0.25, 0.3) is 11.0 Å². The number of rotatable bonds is 10. The zero-order chi connectivity index (χ0) is 20.6. The van der Waals surface area contributed by atoms with Gasteiger partial charge in [0, 0.05) is 6.54 Å². The Hall–Kier alpha value is -2.82. The number of imidazole rings is 1. The van der Waals surface area contributed by atoms with Gasteiger partial charge in [0.05, 0.1) is 30.6 Å². The Morgan fingerprint density at radius 2 is 1.86 bits per heavy atom. The molecule has 1 atom stereocenters. The normalized spacial score (nSPS) is 12.1. The number of amides is 1. The first kappa shape index (κ1) is 20.9. The van der Waals surface area contributed by atoms with Crippen molar-refractivity contribution >= 4 is 16.9 Å². The summed E-state index contributed by atoms with van der Waals surface area (Å²) < 4.78 is 7.44. The molecule has 154 valence electrons. The maximum absolute atomic E-state index is 12.6. The molecule has 1 amide bonds. The highest BCUT2D eigenvalue weighted by molar-refractivity contribution is 5.79. The quantitative estimate of drug-likeness (QED) is 0.491. The summed E-state index contributed by atoms with van der Waals surface area (Å²) >= 11 is 0. The van der Waals surface area contributed by atoms with Gasteiger partial charge in [-0.2, -0.15) is 0 Å². The Morgan fingerprint density at radius 1 is 1.10 bits per heavy atom. The van der Waals surface area contributed by atoms with E-state index in [1.165, 1.54) is 19.3 Å². The Bertz CT molecular complexity index is 931. The van der Waals surface area contributed by atoms with Crippen LogP contribution in [0.3, 0.4) is 0 Å². The van der Waals surface area contributed by atoms with Gasteiger partial charge in [-0.15, -0.1) is 0 Å². The van der Waals surface area contributed by atoms with Crippen LogP contribution in [0.5, 0.6) is 5.75 Å². The number of benzene rings is 2. The van der Waals surface area contributed by atoms with Gasteiger partial charge in [-0.3, -0.25) is 4.79 Å². The van der Waals surface area contributed by atoms with Crippen molar-refractivity contribution in [2.75, 3.05) is 7.11 Å². The van der Waals surface area contributed by atoms with Gasteiger partial charge >= 0.3 is 0 Å². The fraction of sp³-hybridized carbons (Fsp3) is 0.417. The summed E-state index contributed by atoms with van der Waals surface area (Å²) in [6.07, 6.45) is 5.13. The number of carbonyl (C=O) groups excluding carboxylic acids is 1. The van der Waals surface area contributed by atoms with Crippen molar-refractivity contribution in [2.24, 2.45) is 0 Å². The summed E-state index contributed by atoms with van der Waals surface area (Å²) in [5, 5.41) is 3.12. The van der Waals surface area contributed by atoms with E-state index in [4.69, 9.17) is 9.72 Å². The molecule has 29 heavy (non-hydrogen) atoms. The van der Waals surface area contributed by atoms with Crippen LogP contribution in [-0.2, 0) is 17.8 Å². The monoisotopic (exact) mass is 393 g/mol. The maximum Gasteiger partial charge on any atom is 0.224 e. The topological polar surface area (TPSA) is 56.2 Å². The first-order valence-corrected chi connectivity index (χ1v) is 10.5. The predicted octanol–water partition coefficient (Wildman–Crippen LogP) is 5.05. The number of hydrogen-bond acceptors (Lipinski definition) is 3. The van der Waals surface area contributed by atoms with E-state index < -0.39 is 0 Å². The number of hydrogen-bond donors (Lipinski definition) is 1. The van der Waals surface area contributed by atoms with Gasteiger partial charge < -0.3 is 14.6 Å². The molecule has 5 nitrogen and oxygen atoms in total. The van der Waals surface area contributed by atoms with E-state index >= 15 is 0 Å².